The molecule has 108 valence electrons. The smallest absolute Gasteiger partial charge is 0.130 e. The molecule has 0 amide bonds. The van der Waals surface area contributed by atoms with Crippen LogP contribution in [0.4, 0.5) is 8.78 Å². The highest BCUT2D eigenvalue weighted by Crippen LogP contribution is 2.08. The maximum absolute atomic E-state index is 13.3. The summed E-state index contributed by atoms with van der Waals surface area (Å²) in [6, 6.07) is 3.71. The van der Waals surface area contributed by atoms with Gasteiger partial charge in [-0.15, -0.1) is 0 Å². The zero-order valence-electron chi connectivity index (χ0n) is 11.9. The van der Waals surface area contributed by atoms with Gasteiger partial charge in [0.2, 0.25) is 0 Å². The van der Waals surface area contributed by atoms with Crippen molar-refractivity contribution < 1.29 is 8.78 Å². The Bertz CT molecular complexity index is 365. The number of unbranched alkanes of at least 4 members (excludes halogenated alkanes) is 1. The quantitative estimate of drug-likeness (QED) is 0.693. The predicted octanol–water partition coefficient (Wildman–Crippen LogP) is 3.18. The van der Waals surface area contributed by atoms with Crippen LogP contribution in [0.5, 0.6) is 0 Å². The minimum absolute atomic E-state index is 0.456. The second kappa shape index (κ2) is 8.99. The van der Waals surface area contributed by atoms with Gasteiger partial charge in [0, 0.05) is 18.2 Å². The SMILES string of the molecule is CCN(CC)CCCCNCc1ccc(F)cc1F. The Morgan fingerprint density at radius 3 is 2.47 bits per heavy atom. The molecule has 19 heavy (non-hydrogen) atoms. The van der Waals surface area contributed by atoms with Crippen molar-refractivity contribution in [2.24, 2.45) is 0 Å². The molecule has 0 atom stereocenters. The summed E-state index contributed by atoms with van der Waals surface area (Å²) in [6.45, 7) is 8.93. The van der Waals surface area contributed by atoms with Gasteiger partial charge in [-0.2, -0.15) is 0 Å². The van der Waals surface area contributed by atoms with Crippen LogP contribution in [0.2, 0.25) is 0 Å². The highest BCUT2D eigenvalue weighted by Gasteiger charge is 2.03. The van der Waals surface area contributed by atoms with Crippen molar-refractivity contribution >= 4 is 0 Å². The first kappa shape index (κ1) is 16.1. The average Bonchev–Trinajstić information content (AvgIpc) is 2.40. The van der Waals surface area contributed by atoms with Gasteiger partial charge in [0.25, 0.3) is 0 Å². The summed E-state index contributed by atoms with van der Waals surface area (Å²) >= 11 is 0. The summed E-state index contributed by atoms with van der Waals surface area (Å²) in [6.07, 6.45) is 2.21. The molecule has 0 aliphatic heterocycles. The Balaban J connectivity index is 2.14. The van der Waals surface area contributed by atoms with E-state index in [1.54, 1.807) is 0 Å². The second-order valence-corrected chi connectivity index (χ2v) is 4.65. The molecule has 0 aromatic heterocycles. The summed E-state index contributed by atoms with van der Waals surface area (Å²) in [4.78, 5) is 2.39. The van der Waals surface area contributed by atoms with Crippen LogP contribution in [0, 0.1) is 11.6 Å². The molecule has 0 aliphatic rings. The van der Waals surface area contributed by atoms with Crippen LogP contribution < -0.4 is 5.32 Å². The molecule has 0 bridgehead atoms. The molecule has 0 aliphatic carbocycles. The third-order valence-electron chi connectivity index (χ3n) is 3.30. The van der Waals surface area contributed by atoms with Gasteiger partial charge in [-0.1, -0.05) is 19.9 Å². The van der Waals surface area contributed by atoms with Crippen LogP contribution in [0.3, 0.4) is 0 Å². The highest BCUT2D eigenvalue weighted by atomic mass is 19.1. The van der Waals surface area contributed by atoms with E-state index in [9.17, 15) is 8.78 Å². The lowest BCUT2D eigenvalue weighted by molar-refractivity contribution is 0.296. The molecular formula is C15H24F2N2. The van der Waals surface area contributed by atoms with Gasteiger partial charge in [-0.05, 0) is 45.1 Å². The molecule has 0 radical (unpaired) electrons. The Morgan fingerprint density at radius 2 is 1.84 bits per heavy atom. The molecule has 0 saturated carbocycles. The zero-order valence-corrected chi connectivity index (χ0v) is 11.9. The summed E-state index contributed by atoms with van der Waals surface area (Å²) in [5.74, 6) is -1.00. The Morgan fingerprint density at radius 1 is 1.11 bits per heavy atom. The molecule has 0 unspecified atom stereocenters. The van der Waals surface area contributed by atoms with Gasteiger partial charge < -0.3 is 10.2 Å². The summed E-state index contributed by atoms with van der Waals surface area (Å²) in [7, 11) is 0. The number of benzene rings is 1. The van der Waals surface area contributed by atoms with Crippen molar-refractivity contribution in [2.45, 2.75) is 33.2 Å². The van der Waals surface area contributed by atoms with Crippen molar-refractivity contribution in [3.63, 3.8) is 0 Å². The maximum Gasteiger partial charge on any atom is 0.130 e. The average molecular weight is 270 g/mol. The molecular weight excluding hydrogens is 246 g/mol. The number of hydrogen-bond acceptors (Lipinski definition) is 2. The summed E-state index contributed by atoms with van der Waals surface area (Å²) in [5.41, 5.74) is 0.519. The number of rotatable bonds is 9. The molecule has 2 nitrogen and oxygen atoms in total. The molecule has 1 aromatic carbocycles. The van der Waals surface area contributed by atoms with Gasteiger partial charge in [0.05, 0.1) is 0 Å². The molecule has 0 heterocycles. The van der Waals surface area contributed by atoms with E-state index in [2.05, 4.69) is 24.1 Å². The van der Waals surface area contributed by atoms with Crippen molar-refractivity contribution in [3.8, 4) is 0 Å². The normalized spacial score (nSPS) is 11.2. The van der Waals surface area contributed by atoms with E-state index < -0.39 is 11.6 Å². The number of hydrogen-bond donors (Lipinski definition) is 1. The van der Waals surface area contributed by atoms with Gasteiger partial charge in [0.1, 0.15) is 11.6 Å². The zero-order chi connectivity index (χ0) is 14.1. The second-order valence-electron chi connectivity index (χ2n) is 4.65. The van der Waals surface area contributed by atoms with Crippen LogP contribution >= 0.6 is 0 Å². The third-order valence-corrected chi connectivity index (χ3v) is 3.30. The molecule has 0 saturated heterocycles. The van der Waals surface area contributed by atoms with E-state index in [1.165, 1.54) is 12.1 Å². The van der Waals surface area contributed by atoms with Crippen LogP contribution in [-0.2, 0) is 6.54 Å². The highest BCUT2D eigenvalue weighted by molar-refractivity contribution is 5.18. The van der Waals surface area contributed by atoms with E-state index in [0.29, 0.717) is 12.1 Å². The van der Waals surface area contributed by atoms with E-state index in [0.717, 1.165) is 45.1 Å². The number of nitrogens with one attached hydrogen (secondary N) is 1. The molecule has 0 spiro atoms. The van der Waals surface area contributed by atoms with Crippen molar-refractivity contribution in [1.82, 2.24) is 10.2 Å². The summed E-state index contributed by atoms with van der Waals surface area (Å²) < 4.78 is 26.1. The Labute approximate surface area is 114 Å². The van der Waals surface area contributed by atoms with Crippen molar-refractivity contribution in [2.75, 3.05) is 26.2 Å². The fraction of sp³-hybridized carbons (Fsp3) is 0.600. The van der Waals surface area contributed by atoms with E-state index in [1.807, 2.05) is 0 Å². The lowest BCUT2D eigenvalue weighted by Gasteiger charge is -2.17. The van der Waals surface area contributed by atoms with Gasteiger partial charge in [0.15, 0.2) is 0 Å². The Kier molecular flexibility index (Phi) is 7.60. The maximum atomic E-state index is 13.3. The molecule has 0 fully saturated rings. The predicted molar refractivity (Wildman–Crippen MR) is 75.1 cm³/mol. The van der Waals surface area contributed by atoms with Crippen molar-refractivity contribution in [3.05, 3.63) is 35.4 Å². The fourth-order valence-corrected chi connectivity index (χ4v) is 2.01. The van der Waals surface area contributed by atoms with Gasteiger partial charge in [-0.3, -0.25) is 0 Å². The first-order valence-electron chi connectivity index (χ1n) is 7.04. The van der Waals surface area contributed by atoms with E-state index in [4.69, 9.17) is 0 Å². The standard InChI is InChI=1S/C15H24F2N2/c1-3-19(4-2)10-6-5-9-18-12-13-7-8-14(16)11-15(13)17/h7-8,11,18H,3-6,9-10,12H2,1-2H3. The minimum Gasteiger partial charge on any atom is -0.313 e. The number of halogens is 2. The van der Waals surface area contributed by atoms with Crippen LogP contribution in [0.25, 0.3) is 0 Å². The van der Waals surface area contributed by atoms with Gasteiger partial charge in [-0.25, -0.2) is 8.78 Å². The van der Waals surface area contributed by atoms with Gasteiger partial charge >= 0.3 is 0 Å². The number of nitrogens with zero attached hydrogens (tertiary/aromatic N) is 1. The fourth-order valence-electron chi connectivity index (χ4n) is 2.01. The molecule has 4 heteroatoms. The first-order valence-corrected chi connectivity index (χ1v) is 7.04. The lowest BCUT2D eigenvalue weighted by atomic mass is 10.2. The Hall–Kier alpha value is -1.00. The third kappa shape index (κ3) is 6.12. The summed E-state index contributed by atoms with van der Waals surface area (Å²) in [5, 5.41) is 3.19. The molecule has 1 aromatic rings. The first-order chi connectivity index (χ1) is 9.17. The van der Waals surface area contributed by atoms with E-state index in [-0.39, 0.29) is 0 Å². The largest absolute Gasteiger partial charge is 0.313 e. The van der Waals surface area contributed by atoms with Crippen LogP contribution in [0.15, 0.2) is 18.2 Å². The minimum atomic E-state index is -0.527. The molecule has 1 rings (SSSR count). The monoisotopic (exact) mass is 270 g/mol. The lowest BCUT2D eigenvalue weighted by Crippen LogP contribution is -2.25. The van der Waals surface area contributed by atoms with Crippen LogP contribution in [0.1, 0.15) is 32.3 Å². The van der Waals surface area contributed by atoms with Crippen LogP contribution in [-0.4, -0.2) is 31.1 Å². The molecule has 1 N–H and O–H groups in total. The topological polar surface area (TPSA) is 15.3 Å². The van der Waals surface area contributed by atoms with E-state index >= 15 is 0 Å². The van der Waals surface area contributed by atoms with Crippen molar-refractivity contribution in [1.29, 1.82) is 0 Å².